The third-order valence-electron chi connectivity index (χ3n) is 3.52. The smallest absolute Gasteiger partial charge is 0.228 e. The van der Waals surface area contributed by atoms with Gasteiger partial charge in [0.25, 0.3) is 0 Å². The zero-order valence-electron chi connectivity index (χ0n) is 14.5. The standard InChI is InChI=1S/C17H23Cl3FN3OS/c1-2-3-4-5-6-7-14(25)23-15(17(18,19)20)24-16(26)22-13-10-8-12(21)9-11-13/h8-11,15H,2-7H2,1H3,(H,23,25)(H2,22,24,26)/t15-/m0/s1. The summed E-state index contributed by atoms with van der Waals surface area (Å²) in [5.74, 6) is -0.588. The molecule has 1 aromatic carbocycles. The maximum absolute atomic E-state index is 12.9. The summed E-state index contributed by atoms with van der Waals surface area (Å²) in [5, 5.41) is 8.37. The molecule has 0 bridgehead atoms. The van der Waals surface area contributed by atoms with Gasteiger partial charge in [0.15, 0.2) is 5.11 Å². The molecule has 0 aliphatic rings. The first kappa shape index (κ1) is 23.2. The Kier molecular flexibility index (Phi) is 10.5. The highest BCUT2D eigenvalue weighted by atomic mass is 35.6. The lowest BCUT2D eigenvalue weighted by Crippen LogP contribution is -2.56. The minimum atomic E-state index is -1.80. The molecule has 0 aromatic heterocycles. The topological polar surface area (TPSA) is 53.2 Å². The lowest BCUT2D eigenvalue weighted by molar-refractivity contribution is -0.122. The van der Waals surface area contributed by atoms with Crippen LogP contribution in [-0.2, 0) is 4.79 Å². The van der Waals surface area contributed by atoms with Crippen LogP contribution in [-0.4, -0.2) is 21.0 Å². The zero-order chi connectivity index (χ0) is 19.6. The summed E-state index contributed by atoms with van der Waals surface area (Å²) in [4.78, 5) is 12.1. The highest BCUT2D eigenvalue weighted by Crippen LogP contribution is 2.29. The maximum Gasteiger partial charge on any atom is 0.228 e. The van der Waals surface area contributed by atoms with E-state index in [1.807, 2.05) is 0 Å². The second kappa shape index (κ2) is 11.8. The molecule has 9 heteroatoms. The Morgan fingerprint density at radius 3 is 2.31 bits per heavy atom. The quantitative estimate of drug-likeness (QED) is 0.211. The van der Waals surface area contributed by atoms with Gasteiger partial charge in [-0.1, -0.05) is 67.4 Å². The van der Waals surface area contributed by atoms with E-state index in [1.165, 1.54) is 24.3 Å². The monoisotopic (exact) mass is 441 g/mol. The molecule has 1 atom stereocenters. The zero-order valence-corrected chi connectivity index (χ0v) is 17.5. The predicted molar refractivity (Wildman–Crippen MR) is 111 cm³/mol. The fourth-order valence-electron chi connectivity index (χ4n) is 2.15. The largest absolute Gasteiger partial charge is 0.339 e. The Bertz CT molecular complexity index is 582. The van der Waals surface area contributed by atoms with E-state index >= 15 is 0 Å². The van der Waals surface area contributed by atoms with Gasteiger partial charge in [-0.2, -0.15) is 0 Å². The first-order valence-corrected chi connectivity index (χ1v) is 9.95. The van der Waals surface area contributed by atoms with E-state index in [-0.39, 0.29) is 16.8 Å². The Balaban J connectivity index is 2.51. The third kappa shape index (κ3) is 9.76. The number of halogens is 4. The highest BCUT2D eigenvalue weighted by molar-refractivity contribution is 7.80. The van der Waals surface area contributed by atoms with Gasteiger partial charge in [-0.3, -0.25) is 4.79 Å². The van der Waals surface area contributed by atoms with Crippen LogP contribution in [0.1, 0.15) is 45.4 Å². The summed E-state index contributed by atoms with van der Waals surface area (Å²) in [6, 6.07) is 5.61. The van der Waals surface area contributed by atoms with Crippen molar-refractivity contribution >= 4 is 63.7 Å². The number of unbranched alkanes of at least 4 members (excludes halogenated alkanes) is 4. The fourth-order valence-corrected chi connectivity index (χ4v) is 2.72. The van der Waals surface area contributed by atoms with E-state index in [2.05, 4.69) is 22.9 Å². The normalized spacial score (nSPS) is 12.3. The van der Waals surface area contributed by atoms with Gasteiger partial charge in [-0.25, -0.2) is 4.39 Å². The minimum Gasteiger partial charge on any atom is -0.339 e. The number of hydrogen-bond acceptors (Lipinski definition) is 2. The molecule has 0 radical (unpaired) electrons. The molecule has 4 nitrogen and oxygen atoms in total. The van der Waals surface area contributed by atoms with Crippen LogP contribution in [0.5, 0.6) is 0 Å². The molecule has 0 spiro atoms. The van der Waals surface area contributed by atoms with Crippen LogP contribution in [0.15, 0.2) is 24.3 Å². The summed E-state index contributed by atoms with van der Waals surface area (Å²) < 4.78 is 11.1. The van der Waals surface area contributed by atoms with Crippen LogP contribution < -0.4 is 16.0 Å². The number of amides is 1. The molecule has 0 aliphatic carbocycles. The summed E-state index contributed by atoms with van der Waals surface area (Å²) in [5.41, 5.74) is 0.564. The average molecular weight is 443 g/mol. The summed E-state index contributed by atoms with van der Waals surface area (Å²) in [6.45, 7) is 2.13. The van der Waals surface area contributed by atoms with Gasteiger partial charge in [0.2, 0.25) is 9.70 Å². The molecule has 0 saturated carbocycles. The highest BCUT2D eigenvalue weighted by Gasteiger charge is 2.34. The van der Waals surface area contributed by atoms with Crippen molar-refractivity contribution in [3.8, 4) is 0 Å². The molecule has 0 unspecified atom stereocenters. The van der Waals surface area contributed by atoms with Crippen molar-refractivity contribution in [3.05, 3.63) is 30.1 Å². The number of thiocarbonyl (C=S) groups is 1. The van der Waals surface area contributed by atoms with Crippen molar-refractivity contribution in [1.82, 2.24) is 10.6 Å². The minimum absolute atomic E-state index is 0.135. The second-order valence-corrected chi connectivity index (χ2v) is 8.59. The number of nitrogens with one attached hydrogen (secondary N) is 3. The molecule has 146 valence electrons. The van der Waals surface area contributed by atoms with E-state index in [0.29, 0.717) is 12.1 Å². The first-order chi connectivity index (χ1) is 12.2. The van der Waals surface area contributed by atoms with E-state index in [1.54, 1.807) is 0 Å². The van der Waals surface area contributed by atoms with Crippen molar-refractivity contribution in [2.24, 2.45) is 0 Å². The van der Waals surface area contributed by atoms with Crippen LogP contribution in [0.3, 0.4) is 0 Å². The van der Waals surface area contributed by atoms with Crippen molar-refractivity contribution in [1.29, 1.82) is 0 Å². The van der Waals surface area contributed by atoms with Crippen LogP contribution in [0, 0.1) is 5.82 Å². The van der Waals surface area contributed by atoms with Gasteiger partial charge in [0, 0.05) is 12.1 Å². The van der Waals surface area contributed by atoms with E-state index in [0.717, 1.165) is 32.1 Å². The number of benzene rings is 1. The molecular weight excluding hydrogens is 420 g/mol. The van der Waals surface area contributed by atoms with Crippen LogP contribution in [0.25, 0.3) is 0 Å². The summed E-state index contributed by atoms with van der Waals surface area (Å²) in [6.07, 6.45) is 4.50. The van der Waals surface area contributed by atoms with Crippen molar-refractivity contribution in [2.75, 3.05) is 5.32 Å². The van der Waals surface area contributed by atoms with Gasteiger partial charge < -0.3 is 16.0 Å². The number of carbonyl (C=O) groups excluding carboxylic acids is 1. The van der Waals surface area contributed by atoms with E-state index in [4.69, 9.17) is 47.0 Å². The second-order valence-electron chi connectivity index (χ2n) is 5.81. The number of hydrogen-bond donors (Lipinski definition) is 3. The summed E-state index contributed by atoms with van der Waals surface area (Å²) >= 11 is 22.9. The summed E-state index contributed by atoms with van der Waals surface area (Å²) in [7, 11) is 0. The first-order valence-electron chi connectivity index (χ1n) is 8.41. The molecule has 1 amide bonds. The number of anilines is 1. The molecule has 1 aromatic rings. The van der Waals surface area contributed by atoms with Gasteiger partial charge in [-0.15, -0.1) is 0 Å². The number of alkyl halides is 3. The van der Waals surface area contributed by atoms with Gasteiger partial charge in [-0.05, 0) is 42.9 Å². The average Bonchev–Trinajstić information content (AvgIpc) is 2.55. The van der Waals surface area contributed by atoms with Gasteiger partial charge in [0.1, 0.15) is 12.0 Å². The molecule has 1 rings (SSSR count). The van der Waals surface area contributed by atoms with Crippen molar-refractivity contribution < 1.29 is 9.18 Å². The molecule has 26 heavy (non-hydrogen) atoms. The molecule has 0 fully saturated rings. The number of rotatable bonds is 9. The van der Waals surface area contributed by atoms with E-state index in [9.17, 15) is 9.18 Å². The Labute approximate surface area is 174 Å². The molecule has 0 heterocycles. The molecular formula is C17H23Cl3FN3OS. The van der Waals surface area contributed by atoms with E-state index < -0.39 is 9.96 Å². The fraction of sp³-hybridized carbons (Fsp3) is 0.529. The molecule has 0 saturated heterocycles. The predicted octanol–water partition coefficient (Wildman–Crippen LogP) is 5.29. The Morgan fingerprint density at radius 2 is 1.73 bits per heavy atom. The van der Waals surface area contributed by atoms with Crippen molar-refractivity contribution in [2.45, 2.75) is 55.4 Å². The van der Waals surface area contributed by atoms with Crippen LogP contribution in [0.4, 0.5) is 10.1 Å². The van der Waals surface area contributed by atoms with Gasteiger partial charge in [0.05, 0.1) is 0 Å². The molecule has 0 aliphatic heterocycles. The Hall–Kier alpha value is -0.820. The number of carbonyl (C=O) groups is 1. The van der Waals surface area contributed by atoms with Gasteiger partial charge >= 0.3 is 0 Å². The molecule has 3 N–H and O–H groups in total. The maximum atomic E-state index is 12.9. The Morgan fingerprint density at radius 1 is 1.12 bits per heavy atom. The van der Waals surface area contributed by atoms with Crippen LogP contribution in [0.2, 0.25) is 0 Å². The van der Waals surface area contributed by atoms with Crippen molar-refractivity contribution in [3.63, 3.8) is 0 Å². The third-order valence-corrected chi connectivity index (χ3v) is 4.39. The lowest BCUT2D eigenvalue weighted by Gasteiger charge is -2.27. The lowest BCUT2D eigenvalue weighted by atomic mass is 10.1. The van der Waals surface area contributed by atoms with Crippen LogP contribution >= 0.6 is 47.0 Å². The SMILES string of the molecule is CCCCCCCC(=O)N[C@@H](NC(=S)Nc1ccc(F)cc1)C(Cl)(Cl)Cl.